The highest BCUT2D eigenvalue weighted by Gasteiger charge is 2.33. The summed E-state index contributed by atoms with van der Waals surface area (Å²) in [6.07, 6.45) is 33.5. The van der Waals surface area contributed by atoms with Crippen LogP contribution in [0.25, 0.3) is 0 Å². The predicted molar refractivity (Wildman–Crippen MR) is 200 cm³/mol. The Bertz CT molecular complexity index is 1410. The van der Waals surface area contributed by atoms with Gasteiger partial charge in [-0.3, -0.25) is 4.79 Å². The summed E-state index contributed by atoms with van der Waals surface area (Å²) in [7, 11) is 0. The average molecular weight is 627 g/mol. The summed E-state index contributed by atoms with van der Waals surface area (Å²) in [5.41, 5.74) is 10.0. The molecule has 0 saturated heterocycles. The molecule has 3 heteroatoms. The minimum Gasteiger partial charge on any atom is -0.389 e. The van der Waals surface area contributed by atoms with Crippen molar-refractivity contribution >= 4 is 16.9 Å². The lowest BCUT2D eigenvalue weighted by Gasteiger charge is -2.36. The van der Waals surface area contributed by atoms with E-state index in [0.29, 0.717) is 5.25 Å². The van der Waals surface area contributed by atoms with Gasteiger partial charge in [0.1, 0.15) is 0 Å². The van der Waals surface area contributed by atoms with Gasteiger partial charge in [0.2, 0.25) is 0 Å². The fraction of sp³-hybridized carbons (Fsp3) is 0.452. The summed E-state index contributed by atoms with van der Waals surface area (Å²) < 4.78 is 0. The number of aliphatic hydroxyl groups is 1. The number of aliphatic hydroxyl groups excluding tert-OH is 1. The van der Waals surface area contributed by atoms with Crippen LogP contribution in [0.4, 0.5) is 0 Å². The lowest BCUT2D eigenvalue weighted by Crippen LogP contribution is -2.27. The van der Waals surface area contributed by atoms with Gasteiger partial charge in [0, 0.05) is 12.2 Å². The van der Waals surface area contributed by atoms with Gasteiger partial charge in [-0.05, 0) is 94.8 Å². The largest absolute Gasteiger partial charge is 0.389 e. The fourth-order valence-corrected chi connectivity index (χ4v) is 6.88. The first-order valence-electron chi connectivity index (χ1n) is 16.4. The van der Waals surface area contributed by atoms with Crippen molar-refractivity contribution in [2.45, 2.75) is 113 Å². The molecule has 0 aromatic rings. The zero-order chi connectivity index (χ0) is 33.8. The molecule has 0 saturated carbocycles. The normalized spacial score (nSPS) is 24.1. The molecule has 1 N–H and O–H groups in total. The van der Waals surface area contributed by atoms with Crippen molar-refractivity contribution in [3.05, 3.63) is 130 Å². The first kappa shape index (κ1) is 38.3. The number of carbonyl (C=O) groups excluding carboxylic acids is 1. The summed E-state index contributed by atoms with van der Waals surface area (Å²) in [6.45, 7) is 23.5. The Kier molecular flexibility index (Phi) is 15.1. The van der Waals surface area contributed by atoms with Crippen LogP contribution in [-0.2, 0) is 4.79 Å². The molecule has 0 radical (unpaired) electrons. The van der Waals surface area contributed by atoms with Gasteiger partial charge in [0.25, 0.3) is 0 Å². The van der Waals surface area contributed by atoms with E-state index in [-0.39, 0.29) is 22.0 Å². The molecule has 45 heavy (non-hydrogen) atoms. The van der Waals surface area contributed by atoms with Crippen molar-refractivity contribution in [2.75, 3.05) is 0 Å². The minimum absolute atomic E-state index is 0.101. The van der Waals surface area contributed by atoms with E-state index in [1.54, 1.807) is 6.92 Å². The predicted octanol–water partition coefficient (Wildman–Crippen LogP) is 11.8. The quantitative estimate of drug-likeness (QED) is 0.232. The summed E-state index contributed by atoms with van der Waals surface area (Å²) >= 11 is 1.47. The molecule has 0 heterocycles. The summed E-state index contributed by atoms with van der Waals surface area (Å²) in [6, 6.07) is 0. The highest BCUT2D eigenvalue weighted by atomic mass is 32.2. The molecule has 0 bridgehead atoms. The first-order valence-corrected chi connectivity index (χ1v) is 17.3. The molecular weight excluding hydrogens is 569 g/mol. The van der Waals surface area contributed by atoms with E-state index < -0.39 is 0 Å². The van der Waals surface area contributed by atoms with Crippen molar-refractivity contribution in [3.63, 3.8) is 0 Å². The second kappa shape index (κ2) is 17.7. The zero-order valence-electron chi connectivity index (χ0n) is 29.8. The first-order chi connectivity index (χ1) is 21.0. The van der Waals surface area contributed by atoms with E-state index in [1.807, 2.05) is 0 Å². The fourth-order valence-electron chi connectivity index (χ4n) is 5.94. The van der Waals surface area contributed by atoms with Gasteiger partial charge in [-0.25, -0.2) is 0 Å². The molecule has 0 fully saturated rings. The monoisotopic (exact) mass is 626 g/mol. The van der Waals surface area contributed by atoms with E-state index >= 15 is 0 Å². The number of rotatable bonds is 11. The Labute approximate surface area is 279 Å². The second-order valence-electron chi connectivity index (χ2n) is 14.1. The molecule has 2 aliphatic rings. The average Bonchev–Trinajstić information content (AvgIpc) is 2.94. The van der Waals surface area contributed by atoms with Crippen molar-refractivity contribution in [1.29, 1.82) is 0 Å². The summed E-state index contributed by atoms with van der Waals surface area (Å²) in [5, 5.41) is 10.8. The summed E-state index contributed by atoms with van der Waals surface area (Å²) in [5.74, 6) is 0. The van der Waals surface area contributed by atoms with Crippen LogP contribution in [0.5, 0.6) is 0 Å². The van der Waals surface area contributed by atoms with E-state index in [2.05, 4.69) is 154 Å². The van der Waals surface area contributed by atoms with Gasteiger partial charge < -0.3 is 5.11 Å². The van der Waals surface area contributed by atoms with Gasteiger partial charge in [-0.2, -0.15) is 0 Å². The van der Waals surface area contributed by atoms with E-state index in [4.69, 9.17) is 0 Å². The molecule has 2 nitrogen and oxygen atoms in total. The molecule has 244 valence electrons. The third-order valence-corrected chi connectivity index (χ3v) is 10.2. The van der Waals surface area contributed by atoms with Crippen LogP contribution >= 0.6 is 11.8 Å². The third kappa shape index (κ3) is 12.8. The molecular formula is C42H58O2S. The Morgan fingerprint density at radius 3 is 1.51 bits per heavy atom. The van der Waals surface area contributed by atoms with Crippen molar-refractivity contribution in [3.8, 4) is 0 Å². The van der Waals surface area contributed by atoms with Crippen LogP contribution < -0.4 is 0 Å². The maximum absolute atomic E-state index is 11.7. The number of carbonyl (C=O) groups is 1. The van der Waals surface area contributed by atoms with Crippen LogP contribution in [0.3, 0.4) is 0 Å². The Hall–Kier alpha value is -2.88. The topological polar surface area (TPSA) is 37.3 Å². The molecule has 2 aliphatic carbocycles. The Balaban J connectivity index is 1.95. The smallest absolute Gasteiger partial charge is 0.186 e. The van der Waals surface area contributed by atoms with Gasteiger partial charge in [0.05, 0.1) is 6.10 Å². The lowest BCUT2D eigenvalue weighted by molar-refractivity contribution is -0.109. The zero-order valence-corrected chi connectivity index (χ0v) is 30.6. The van der Waals surface area contributed by atoms with Crippen molar-refractivity contribution < 1.29 is 9.90 Å². The van der Waals surface area contributed by atoms with E-state index in [9.17, 15) is 9.90 Å². The summed E-state index contributed by atoms with van der Waals surface area (Å²) in [4.78, 5) is 11.7. The number of allylic oxidation sites excluding steroid dienone is 20. The molecule has 0 aromatic heterocycles. The molecule has 2 atom stereocenters. The number of hydrogen-bond donors (Lipinski definition) is 1. The van der Waals surface area contributed by atoms with Crippen molar-refractivity contribution in [2.24, 2.45) is 10.8 Å². The number of thioether (sulfide) groups is 1. The Morgan fingerprint density at radius 1 is 0.644 bits per heavy atom. The van der Waals surface area contributed by atoms with Gasteiger partial charge >= 0.3 is 0 Å². The van der Waals surface area contributed by atoms with Crippen molar-refractivity contribution in [1.82, 2.24) is 0 Å². The minimum atomic E-state index is -0.318. The van der Waals surface area contributed by atoms with E-state index in [1.165, 1.54) is 50.8 Å². The van der Waals surface area contributed by atoms with Crippen LogP contribution in [0.2, 0.25) is 0 Å². The maximum atomic E-state index is 11.7. The highest BCUT2D eigenvalue weighted by Crippen LogP contribution is 2.45. The van der Waals surface area contributed by atoms with Crippen LogP contribution in [-0.4, -0.2) is 21.6 Å². The van der Waals surface area contributed by atoms with Crippen LogP contribution in [0, 0.1) is 10.8 Å². The van der Waals surface area contributed by atoms with Gasteiger partial charge in [0.15, 0.2) is 5.12 Å². The molecule has 0 aromatic carbocycles. The van der Waals surface area contributed by atoms with Gasteiger partial charge in [-0.1, -0.05) is 152 Å². The second-order valence-corrected chi connectivity index (χ2v) is 15.4. The molecule has 2 rings (SSSR count). The standard InChI is InChI=1S/C42H58O2S/c1-30(18-14-20-32(3)22-24-37-34(5)39(44)26-28-41(37,8)9)16-12-13-17-31(2)19-15-21-33(4)23-25-38-35(6)40(45-36(7)43)27-29-42(38,10)11/h12-25,39-40,44H,26-29H2,1-11H3/b13-12+,18-14+,19-15+,24-22+,25-23+,30-16+,31-17+,32-20+,33-21+. The molecule has 0 aliphatic heterocycles. The van der Waals surface area contributed by atoms with Crippen LogP contribution in [0.1, 0.15) is 102 Å². The molecule has 0 amide bonds. The molecule has 2 unspecified atom stereocenters. The third-order valence-electron chi connectivity index (χ3n) is 8.96. The molecule has 0 spiro atoms. The Morgan fingerprint density at radius 2 is 1.04 bits per heavy atom. The highest BCUT2D eigenvalue weighted by molar-refractivity contribution is 8.14. The maximum Gasteiger partial charge on any atom is 0.186 e. The number of hydrogen-bond acceptors (Lipinski definition) is 3. The lowest BCUT2D eigenvalue weighted by atomic mass is 9.71. The van der Waals surface area contributed by atoms with Gasteiger partial charge in [-0.15, -0.1) is 0 Å². The SMILES string of the molecule is CC(=O)SC1CCC(C)(C)C(/C=C/C(C)=C/C=C/C(C)=C/C=C/C=C(C)/C=C/C=C(C)/C=C/C2=C(C)C(O)CCC2(C)C)=C1C. The van der Waals surface area contributed by atoms with Crippen LogP contribution in [0.15, 0.2) is 130 Å². The van der Waals surface area contributed by atoms with E-state index in [0.717, 1.165) is 31.3 Å².